The number of morpholine rings is 1. The summed E-state index contributed by atoms with van der Waals surface area (Å²) >= 11 is 0. The number of fused-ring (bicyclic) bond motifs is 2. The SMILES string of the molecule is Cc1nc(C2CCNCC2)cc2c1OCc1c(N3CCOCC3)ccnc1N2. The van der Waals surface area contributed by atoms with Crippen LogP contribution in [0.3, 0.4) is 0 Å². The van der Waals surface area contributed by atoms with Crippen LogP contribution in [0.5, 0.6) is 5.75 Å². The van der Waals surface area contributed by atoms with Gasteiger partial charge in [-0.15, -0.1) is 0 Å². The first kappa shape index (κ1) is 17.7. The number of hydrogen-bond acceptors (Lipinski definition) is 7. The van der Waals surface area contributed by atoms with E-state index in [1.54, 1.807) is 0 Å². The first-order chi connectivity index (χ1) is 13.8. The van der Waals surface area contributed by atoms with E-state index < -0.39 is 0 Å². The summed E-state index contributed by atoms with van der Waals surface area (Å²) in [4.78, 5) is 11.9. The molecule has 0 atom stereocenters. The number of rotatable bonds is 2. The summed E-state index contributed by atoms with van der Waals surface area (Å²) in [5.74, 6) is 2.22. The van der Waals surface area contributed by atoms with Gasteiger partial charge in [-0.2, -0.15) is 0 Å². The summed E-state index contributed by atoms with van der Waals surface area (Å²) in [5.41, 5.74) is 5.36. The van der Waals surface area contributed by atoms with Crippen LogP contribution in [0.4, 0.5) is 17.2 Å². The molecule has 2 saturated heterocycles. The lowest BCUT2D eigenvalue weighted by molar-refractivity contribution is 0.122. The third-order valence-corrected chi connectivity index (χ3v) is 5.92. The van der Waals surface area contributed by atoms with Gasteiger partial charge < -0.3 is 25.0 Å². The van der Waals surface area contributed by atoms with E-state index >= 15 is 0 Å². The van der Waals surface area contributed by atoms with Crippen molar-refractivity contribution in [3.05, 3.63) is 35.3 Å². The van der Waals surface area contributed by atoms with Gasteiger partial charge in [0.05, 0.1) is 30.2 Å². The molecular weight excluding hydrogens is 354 g/mol. The zero-order valence-corrected chi connectivity index (χ0v) is 16.3. The van der Waals surface area contributed by atoms with E-state index in [-0.39, 0.29) is 0 Å². The Morgan fingerprint density at radius 2 is 2.00 bits per heavy atom. The third-order valence-electron chi connectivity index (χ3n) is 5.92. The number of piperidine rings is 1. The van der Waals surface area contributed by atoms with Crippen LogP contribution >= 0.6 is 0 Å². The summed E-state index contributed by atoms with van der Waals surface area (Å²) in [6.07, 6.45) is 4.13. The third kappa shape index (κ3) is 3.29. The maximum absolute atomic E-state index is 6.24. The van der Waals surface area contributed by atoms with E-state index in [1.807, 2.05) is 13.1 Å². The van der Waals surface area contributed by atoms with Crippen LogP contribution in [-0.2, 0) is 11.3 Å². The zero-order valence-electron chi connectivity index (χ0n) is 16.3. The fourth-order valence-corrected chi connectivity index (χ4v) is 4.39. The van der Waals surface area contributed by atoms with Crippen molar-refractivity contribution in [3.8, 4) is 5.75 Å². The highest BCUT2D eigenvalue weighted by atomic mass is 16.5. The standard InChI is InChI=1S/C21H27N5O2/c1-14-20-18(12-17(24-14)15-2-5-22-6-3-15)25-21-16(13-28-20)19(4-7-23-21)26-8-10-27-11-9-26/h4,7,12,15,22H,2-3,5-6,8-11,13H2,1H3,(H,23,25). The molecule has 2 fully saturated rings. The highest BCUT2D eigenvalue weighted by Crippen LogP contribution is 2.40. The number of aromatic nitrogens is 2. The monoisotopic (exact) mass is 381 g/mol. The summed E-state index contributed by atoms with van der Waals surface area (Å²) in [6, 6.07) is 4.24. The molecule has 3 aliphatic heterocycles. The number of ether oxygens (including phenoxy) is 2. The highest BCUT2D eigenvalue weighted by molar-refractivity contribution is 5.73. The predicted molar refractivity (Wildman–Crippen MR) is 109 cm³/mol. The van der Waals surface area contributed by atoms with Crippen LogP contribution in [0.2, 0.25) is 0 Å². The van der Waals surface area contributed by atoms with Gasteiger partial charge in [-0.3, -0.25) is 4.98 Å². The van der Waals surface area contributed by atoms with Gasteiger partial charge in [0.15, 0.2) is 5.75 Å². The Labute approximate surface area is 165 Å². The molecule has 2 aromatic heterocycles. The molecule has 2 aromatic rings. The van der Waals surface area contributed by atoms with E-state index in [1.165, 1.54) is 5.69 Å². The van der Waals surface area contributed by atoms with Gasteiger partial charge in [0.25, 0.3) is 0 Å². The molecule has 5 heterocycles. The Morgan fingerprint density at radius 1 is 1.18 bits per heavy atom. The van der Waals surface area contributed by atoms with Crippen LogP contribution in [0.1, 0.15) is 35.7 Å². The largest absolute Gasteiger partial charge is 0.485 e. The summed E-state index contributed by atoms with van der Waals surface area (Å²) in [6.45, 7) is 7.94. The molecule has 0 saturated carbocycles. The highest BCUT2D eigenvalue weighted by Gasteiger charge is 2.25. The Kier molecular flexibility index (Phi) is 4.78. The van der Waals surface area contributed by atoms with Gasteiger partial charge in [-0.05, 0) is 45.0 Å². The molecule has 3 aliphatic rings. The van der Waals surface area contributed by atoms with Crippen molar-refractivity contribution < 1.29 is 9.47 Å². The minimum Gasteiger partial charge on any atom is -0.485 e. The molecule has 0 aromatic carbocycles. The topological polar surface area (TPSA) is 71.5 Å². The van der Waals surface area contributed by atoms with Crippen molar-refractivity contribution in [2.75, 3.05) is 49.6 Å². The molecule has 0 bridgehead atoms. The van der Waals surface area contributed by atoms with E-state index in [0.717, 1.165) is 86.4 Å². The Hall–Kier alpha value is -2.38. The number of nitrogens with zero attached hydrogens (tertiary/aromatic N) is 3. The normalized spacial score (nSPS) is 19.8. The molecule has 148 valence electrons. The van der Waals surface area contributed by atoms with Crippen molar-refractivity contribution in [1.29, 1.82) is 0 Å². The second-order valence-corrected chi connectivity index (χ2v) is 7.70. The number of hydrogen-bond donors (Lipinski definition) is 2. The maximum atomic E-state index is 6.24. The predicted octanol–water partition coefficient (Wildman–Crippen LogP) is 2.72. The molecule has 0 spiro atoms. The van der Waals surface area contributed by atoms with Crippen molar-refractivity contribution in [2.45, 2.75) is 32.3 Å². The van der Waals surface area contributed by atoms with E-state index in [0.29, 0.717) is 12.5 Å². The zero-order chi connectivity index (χ0) is 18.9. The minimum atomic E-state index is 0.491. The summed E-state index contributed by atoms with van der Waals surface area (Å²) < 4.78 is 11.8. The average molecular weight is 381 g/mol. The molecule has 7 nitrogen and oxygen atoms in total. The lowest BCUT2D eigenvalue weighted by Crippen LogP contribution is -2.37. The molecule has 7 heteroatoms. The summed E-state index contributed by atoms with van der Waals surface area (Å²) in [5, 5.41) is 6.98. The Morgan fingerprint density at radius 3 is 2.82 bits per heavy atom. The Balaban J connectivity index is 1.49. The smallest absolute Gasteiger partial charge is 0.164 e. The molecule has 0 unspecified atom stereocenters. The molecule has 0 aliphatic carbocycles. The summed E-state index contributed by atoms with van der Waals surface area (Å²) in [7, 11) is 0. The molecular formula is C21H27N5O2. The quantitative estimate of drug-likeness (QED) is 0.829. The van der Waals surface area contributed by atoms with Gasteiger partial charge in [0.2, 0.25) is 0 Å². The molecule has 28 heavy (non-hydrogen) atoms. The number of pyridine rings is 2. The van der Waals surface area contributed by atoms with Crippen LogP contribution in [0.15, 0.2) is 18.3 Å². The van der Waals surface area contributed by atoms with E-state index in [4.69, 9.17) is 14.5 Å². The lowest BCUT2D eigenvalue weighted by Gasteiger charge is -2.30. The van der Waals surface area contributed by atoms with Crippen molar-refractivity contribution in [1.82, 2.24) is 15.3 Å². The fraction of sp³-hybridized carbons (Fsp3) is 0.524. The van der Waals surface area contributed by atoms with Crippen LogP contribution in [-0.4, -0.2) is 49.4 Å². The van der Waals surface area contributed by atoms with Crippen LogP contribution in [0.25, 0.3) is 0 Å². The van der Waals surface area contributed by atoms with Crippen molar-refractivity contribution >= 4 is 17.2 Å². The van der Waals surface area contributed by atoms with E-state index in [9.17, 15) is 0 Å². The molecule has 2 N–H and O–H groups in total. The number of nitrogens with one attached hydrogen (secondary N) is 2. The van der Waals surface area contributed by atoms with E-state index in [2.05, 4.69) is 32.7 Å². The van der Waals surface area contributed by atoms with Gasteiger partial charge in [0, 0.05) is 36.6 Å². The second kappa shape index (κ2) is 7.56. The molecule has 0 amide bonds. The fourth-order valence-electron chi connectivity index (χ4n) is 4.39. The van der Waals surface area contributed by atoms with Crippen molar-refractivity contribution in [3.63, 3.8) is 0 Å². The van der Waals surface area contributed by atoms with Crippen LogP contribution < -0.4 is 20.3 Å². The van der Waals surface area contributed by atoms with Gasteiger partial charge in [0.1, 0.15) is 12.4 Å². The lowest BCUT2D eigenvalue weighted by atomic mass is 9.93. The number of aryl methyl sites for hydroxylation is 1. The van der Waals surface area contributed by atoms with Crippen molar-refractivity contribution in [2.24, 2.45) is 0 Å². The van der Waals surface area contributed by atoms with Gasteiger partial charge >= 0.3 is 0 Å². The van der Waals surface area contributed by atoms with Gasteiger partial charge in [-0.1, -0.05) is 0 Å². The molecule has 5 rings (SSSR count). The molecule has 0 radical (unpaired) electrons. The average Bonchev–Trinajstić information content (AvgIpc) is 2.94. The first-order valence-corrected chi connectivity index (χ1v) is 10.2. The minimum absolute atomic E-state index is 0.491. The van der Waals surface area contributed by atoms with Gasteiger partial charge in [-0.25, -0.2) is 4.98 Å². The Bertz CT molecular complexity index is 860. The second-order valence-electron chi connectivity index (χ2n) is 7.70. The van der Waals surface area contributed by atoms with Crippen LogP contribution in [0, 0.1) is 6.92 Å². The number of anilines is 3. The first-order valence-electron chi connectivity index (χ1n) is 10.2. The maximum Gasteiger partial charge on any atom is 0.164 e.